The minimum atomic E-state index is -0.250. The van der Waals surface area contributed by atoms with Gasteiger partial charge in [0.2, 0.25) is 0 Å². The van der Waals surface area contributed by atoms with Crippen molar-refractivity contribution in [2.75, 3.05) is 11.1 Å². The number of nitrogens with two attached hydrogens (primary N) is 1. The Hall–Kier alpha value is -2.25. The van der Waals surface area contributed by atoms with Crippen molar-refractivity contribution < 1.29 is 4.79 Å². The quantitative estimate of drug-likeness (QED) is 0.728. The van der Waals surface area contributed by atoms with E-state index in [4.69, 9.17) is 5.73 Å². The number of nitrogens with one attached hydrogen (secondary N) is 1. The Morgan fingerprint density at radius 1 is 1.30 bits per heavy atom. The first-order chi connectivity index (χ1) is 9.72. The van der Waals surface area contributed by atoms with Gasteiger partial charge in [0.25, 0.3) is 5.91 Å². The van der Waals surface area contributed by atoms with Gasteiger partial charge in [-0.3, -0.25) is 10.1 Å². The predicted octanol–water partition coefficient (Wildman–Crippen LogP) is 3.10. The summed E-state index contributed by atoms with van der Waals surface area (Å²) in [6.45, 7) is 0. The highest BCUT2D eigenvalue weighted by Crippen LogP contribution is 2.26. The molecule has 0 aliphatic heterocycles. The van der Waals surface area contributed by atoms with Crippen molar-refractivity contribution in [1.82, 2.24) is 9.97 Å². The monoisotopic (exact) mass is 302 g/mol. The topological polar surface area (TPSA) is 80.9 Å². The SMILES string of the molecule is Nc1cccc(-c2csc(NC(=O)c3cscn3)n2)c1. The van der Waals surface area contributed by atoms with Crippen LogP contribution in [0.1, 0.15) is 10.5 Å². The molecule has 2 heterocycles. The van der Waals surface area contributed by atoms with Crippen LogP contribution in [0.2, 0.25) is 0 Å². The molecule has 3 N–H and O–H groups in total. The van der Waals surface area contributed by atoms with Gasteiger partial charge >= 0.3 is 0 Å². The van der Waals surface area contributed by atoms with E-state index in [0.717, 1.165) is 11.3 Å². The Morgan fingerprint density at radius 3 is 2.95 bits per heavy atom. The van der Waals surface area contributed by atoms with Gasteiger partial charge in [-0.25, -0.2) is 9.97 Å². The van der Waals surface area contributed by atoms with Gasteiger partial charge < -0.3 is 5.73 Å². The van der Waals surface area contributed by atoms with E-state index in [2.05, 4.69) is 15.3 Å². The maximum atomic E-state index is 11.9. The number of benzene rings is 1. The fourth-order valence-electron chi connectivity index (χ4n) is 1.65. The van der Waals surface area contributed by atoms with Gasteiger partial charge in [0.1, 0.15) is 5.69 Å². The number of carbonyl (C=O) groups excluding carboxylic acids is 1. The number of nitrogens with zero attached hydrogens (tertiary/aromatic N) is 2. The fourth-order valence-corrected chi connectivity index (χ4v) is 2.89. The van der Waals surface area contributed by atoms with E-state index in [-0.39, 0.29) is 5.91 Å². The second-order valence-electron chi connectivity index (χ2n) is 3.99. The molecular weight excluding hydrogens is 292 g/mol. The summed E-state index contributed by atoms with van der Waals surface area (Å²) < 4.78 is 0. The Bertz CT molecular complexity index is 736. The summed E-state index contributed by atoms with van der Waals surface area (Å²) in [6.07, 6.45) is 0. The number of anilines is 2. The fraction of sp³-hybridized carbons (Fsp3) is 0. The molecule has 0 bridgehead atoms. The second kappa shape index (κ2) is 5.40. The maximum Gasteiger partial charge on any atom is 0.276 e. The molecule has 20 heavy (non-hydrogen) atoms. The molecule has 5 nitrogen and oxygen atoms in total. The van der Waals surface area contributed by atoms with E-state index in [1.165, 1.54) is 22.7 Å². The number of amides is 1. The van der Waals surface area contributed by atoms with Crippen LogP contribution in [-0.2, 0) is 0 Å². The van der Waals surface area contributed by atoms with Crippen LogP contribution < -0.4 is 11.1 Å². The molecule has 0 saturated carbocycles. The smallest absolute Gasteiger partial charge is 0.276 e. The first kappa shape index (κ1) is 12.8. The highest BCUT2D eigenvalue weighted by atomic mass is 32.1. The third-order valence-corrected chi connectivity index (χ3v) is 3.92. The van der Waals surface area contributed by atoms with Gasteiger partial charge in [-0.2, -0.15) is 0 Å². The number of aromatic nitrogens is 2. The molecule has 3 rings (SSSR count). The minimum Gasteiger partial charge on any atom is -0.399 e. The molecule has 7 heteroatoms. The molecule has 100 valence electrons. The van der Waals surface area contributed by atoms with Crippen LogP contribution in [-0.4, -0.2) is 15.9 Å². The summed E-state index contributed by atoms with van der Waals surface area (Å²) in [6, 6.07) is 7.47. The maximum absolute atomic E-state index is 11.9. The van der Waals surface area contributed by atoms with Crippen molar-refractivity contribution in [3.05, 3.63) is 46.2 Å². The van der Waals surface area contributed by atoms with E-state index < -0.39 is 0 Å². The van der Waals surface area contributed by atoms with Crippen LogP contribution in [0.25, 0.3) is 11.3 Å². The molecule has 0 unspecified atom stereocenters. The van der Waals surface area contributed by atoms with Crippen molar-refractivity contribution >= 4 is 39.4 Å². The van der Waals surface area contributed by atoms with Crippen LogP contribution in [0.5, 0.6) is 0 Å². The van der Waals surface area contributed by atoms with Gasteiger partial charge in [0.05, 0.1) is 11.2 Å². The summed E-state index contributed by atoms with van der Waals surface area (Å²) >= 11 is 2.75. The van der Waals surface area contributed by atoms with Gasteiger partial charge in [0, 0.05) is 22.0 Å². The molecular formula is C13H10N4OS2. The Balaban J connectivity index is 1.79. The van der Waals surface area contributed by atoms with Gasteiger partial charge in [-0.15, -0.1) is 22.7 Å². The minimum absolute atomic E-state index is 0.250. The van der Waals surface area contributed by atoms with Crippen LogP contribution in [0.4, 0.5) is 10.8 Å². The zero-order valence-corrected chi connectivity index (χ0v) is 11.9. The van der Waals surface area contributed by atoms with Crippen molar-refractivity contribution in [2.45, 2.75) is 0 Å². The molecule has 3 aromatic rings. The lowest BCUT2D eigenvalue weighted by atomic mass is 10.1. The Labute approximate surface area is 123 Å². The number of nitrogen functional groups attached to an aromatic ring is 1. The summed E-state index contributed by atoms with van der Waals surface area (Å²) in [5.41, 5.74) is 10.2. The molecule has 0 saturated heterocycles. The lowest BCUT2D eigenvalue weighted by Crippen LogP contribution is -2.11. The van der Waals surface area contributed by atoms with Crippen molar-refractivity contribution in [1.29, 1.82) is 0 Å². The van der Waals surface area contributed by atoms with Crippen molar-refractivity contribution in [3.63, 3.8) is 0 Å². The van der Waals surface area contributed by atoms with Crippen LogP contribution in [0.3, 0.4) is 0 Å². The molecule has 2 aromatic heterocycles. The van der Waals surface area contributed by atoms with Gasteiger partial charge in [0.15, 0.2) is 5.13 Å². The molecule has 1 amide bonds. The molecule has 0 aliphatic rings. The van der Waals surface area contributed by atoms with Crippen molar-refractivity contribution in [2.24, 2.45) is 0 Å². The number of hydrogen-bond acceptors (Lipinski definition) is 6. The highest BCUT2D eigenvalue weighted by molar-refractivity contribution is 7.14. The standard InChI is InChI=1S/C13H10N4OS2/c14-9-3-1-2-8(4-9)10-6-20-13(16-10)17-12(18)11-5-19-7-15-11/h1-7H,14H2,(H,16,17,18). The van der Waals surface area contributed by atoms with Crippen LogP contribution in [0.15, 0.2) is 40.5 Å². The van der Waals surface area contributed by atoms with Gasteiger partial charge in [-0.05, 0) is 12.1 Å². The first-order valence-electron chi connectivity index (χ1n) is 5.73. The van der Waals surface area contributed by atoms with E-state index in [9.17, 15) is 4.79 Å². The lowest BCUT2D eigenvalue weighted by molar-refractivity contribution is 0.102. The van der Waals surface area contributed by atoms with E-state index >= 15 is 0 Å². The zero-order chi connectivity index (χ0) is 13.9. The summed E-state index contributed by atoms with van der Waals surface area (Å²) in [7, 11) is 0. The largest absolute Gasteiger partial charge is 0.399 e. The Kier molecular flexibility index (Phi) is 3.44. The number of hydrogen-bond donors (Lipinski definition) is 2. The van der Waals surface area contributed by atoms with Crippen LogP contribution >= 0.6 is 22.7 Å². The van der Waals surface area contributed by atoms with E-state index in [1.807, 2.05) is 29.6 Å². The zero-order valence-electron chi connectivity index (χ0n) is 10.2. The third-order valence-electron chi connectivity index (χ3n) is 2.57. The Morgan fingerprint density at radius 2 is 2.20 bits per heavy atom. The summed E-state index contributed by atoms with van der Waals surface area (Å²) in [5, 5.41) is 6.85. The summed E-state index contributed by atoms with van der Waals surface area (Å²) in [5.74, 6) is -0.250. The van der Waals surface area contributed by atoms with E-state index in [0.29, 0.717) is 16.5 Å². The highest BCUT2D eigenvalue weighted by Gasteiger charge is 2.11. The number of carbonyl (C=O) groups is 1. The molecule has 0 spiro atoms. The van der Waals surface area contributed by atoms with Crippen molar-refractivity contribution in [3.8, 4) is 11.3 Å². The third kappa shape index (κ3) is 2.68. The summed E-state index contributed by atoms with van der Waals surface area (Å²) in [4.78, 5) is 20.2. The van der Waals surface area contributed by atoms with Gasteiger partial charge in [-0.1, -0.05) is 12.1 Å². The molecule has 0 atom stereocenters. The molecule has 0 aliphatic carbocycles. The second-order valence-corrected chi connectivity index (χ2v) is 5.57. The number of rotatable bonds is 3. The molecule has 0 radical (unpaired) electrons. The average Bonchev–Trinajstić information content (AvgIpc) is 3.10. The lowest BCUT2D eigenvalue weighted by Gasteiger charge is -1.99. The molecule has 1 aromatic carbocycles. The van der Waals surface area contributed by atoms with Crippen LogP contribution in [0, 0.1) is 0 Å². The molecule has 0 fully saturated rings. The van der Waals surface area contributed by atoms with E-state index in [1.54, 1.807) is 10.9 Å². The normalized spacial score (nSPS) is 10.4. The predicted molar refractivity (Wildman–Crippen MR) is 82.0 cm³/mol. The first-order valence-corrected chi connectivity index (χ1v) is 7.55. The average molecular weight is 302 g/mol. The number of thiazole rings is 2.